The number of nitrogens with zero attached hydrogens (tertiary/aromatic N) is 6. The van der Waals surface area contributed by atoms with Gasteiger partial charge in [-0.15, -0.1) is 15.3 Å². The van der Waals surface area contributed by atoms with E-state index in [1.807, 2.05) is 17.5 Å². The minimum atomic E-state index is 0.731. The van der Waals surface area contributed by atoms with Gasteiger partial charge in [0.15, 0.2) is 11.5 Å². The maximum atomic E-state index is 4.71. The lowest BCUT2D eigenvalue weighted by molar-refractivity contribution is 0.150. The van der Waals surface area contributed by atoms with Crippen LogP contribution in [0.2, 0.25) is 0 Å². The molecule has 2 fully saturated rings. The van der Waals surface area contributed by atoms with Crippen molar-refractivity contribution in [1.29, 1.82) is 0 Å². The van der Waals surface area contributed by atoms with E-state index in [9.17, 15) is 0 Å². The Kier molecular flexibility index (Phi) is 3.93. The van der Waals surface area contributed by atoms with Crippen molar-refractivity contribution in [2.75, 3.05) is 25.0 Å². The molecule has 0 aromatic carbocycles. The number of rotatable bonds is 3. The van der Waals surface area contributed by atoms with Crippen molar-refractivity contribution in [1.82, 2.24) is 24.7 Å². The van der Waals surface area contributed by atoms with Gasteiger partial charge in [0.05, 0.1) is 0 Å². The Hall–Kier alpha value is -1.69. The molecule has 0 amide bonds. The van der Waals surface area contributed by atoms with Gasteiger partial charge in [0, 0.05) is 25.2 Å². The summed E-state index contributed by atoms with van der Waals surface area (Å²) in [5.74, 6) is 1.89. The van der Waals surface area contributed by atoms with Crippen LogP contribution in [0.25, 0.3) is 5.65 Å². The number of aromatic nitrogens is 4. The standard InChI is InChI=1S/C17H26N6/c1-13-18-19-16-7-8-17(20-23(13)16)22-11-9-15(10-12-22)21(2)14-5-3-4-6-14/h7-8,14-15H,3-6,9-12H2,1-2H3. The molecule has 2 aromatic heterocycles. The molecule has 0 N–H and O–H groups in total. The fourth-order valence-corrected chi connectivity index (χ4v) is 4.17. The Balaban J connectivity index is 1.42. The van der Waals surface area contributed by atoms with Crippen molar-refractivity contribution < 1.29 is 0 Å². The maximum Gasteiger partial charge on any atom is 0.178 e. The van der Waals surface area contributed by atoms with Crippen molar-refractivity contribution in [2.24, 2.45) is 0 Å². The second-order valence-corrected chi connectivity index (χ2v) is 7.03. The highest BCUT2D eigenvalue weighted by Gasteiger charge is 2.29. The summed E-state index contributed by atoms with van der Waals surface area (Å²) < 4.78 is 1.84. The van der Waals surface area contributed by atoms with Gasteiger partial charge >= 0.3 is 0 Å². The molecule has 6 nitrogen and oxygen atoms in total. The molecule has 0 atom stereocenters. The fourth-order valence-electron chi connectivity index (χ4n) is 4.17. The van der Waals surface area contributed by atoms with E-state index >= 15 is 0 Å². The second kappa shape index (κ2) is 6.07. The molecule has 23 heavy (non-hydrogen) atoms. The van der Waals surface area contributed by atoms with Gasteiger partial charge in [0.1, 0.15) is 5.82 Å². The first kappa shape index (κ1) is 14.9. The van der Waals surface area contributed by atoms with Crippen LogP contribution in [0.3, 0.4) is 0 Å². The van der Waals surface area contributed by atoms with Crippen molar-refractivity contribution in [2.45, 2.75) is 57.5 Å². The van der Waals surface area contributed by atoms with Crippen molar-refractivity contribution >= 4 is 11.5 Å². The van der Waals surface area contributed by atoms with Gasteiger partial charge in [0.25, 0.3) is 0 Å². The molecule has 6 heteroatoms. The predicted octanol–water partition coefficient (Wildman–Crippen LogP) is 2.28. The van der Waals surface area contributed by atoms with Crippen LogP contribution in [0.15, 0.2) is 12.1 Å². The average Bonchev–Trinajstić information content (AvgIpc) is 3.25. The van der Waals surface area contributed by atoms with Crippen LogP contribution in [0.5, 0.6) is 0 Å². The molecule has 1 saturated heterocycles. The number of hydrogen-bond donors (Lipinski definition) is 0. The van der Waals surface area contributed by atoms with E-state index in [1.54, 1.807) is 0 Å². The lowest BCUT2D eigenvalue weighted by Gasteiger charge is -2.39. The largest absolute Gasteiger partial charge is 0.355 e. The van der Waals surface area contributed by atoms with Gasteiger partial charge in [0.2, 0.25) is 0 Å². The predicted molar refractivity (Wildman–Crippen MR) is 90.8 cm³/mol. The Labute approximate surface area is 137 Å². The molecule has 2 aliphatic rings. The second-order valence-electron chi connectivity index (χ2n) is 7.03. The number of hydrogen-bond acceptors (Lipinski definition) is 5. The van der Waals surface area contributed by atoms with Gasteiger partial charge in [-0.3, -0.25) is 0 Å². The van der Waals surface area contributed by atoms with Gasteiger partial charge in [-0.25, -0.2) is 0 Å². The summed E-state index contributed by atoms with van der Waals surface area (Å²) in [5.41, 5.74) is 0.821. The van der Waals surface area contributed by atoms with E-state index < -0.39 is 0 Å². The first-order valence-corrected chi connectivity index (χ1v) is 8.88. The highest BCUT2D eigenvalue weighted by molar-refractivity contribution is 5.46. The molecule has 1 saturated carbocycles. The van der Waals surface area contributed by atoms with E-state index in [4.69, 9.17) is 5.10 Å². The zero-order valence-corrected chi connectivity index (χ0v) is 14.1. The van der Waals surface area contributed by atoms with Crippen LogP contribution in [0.1, 0.15) is 44.3 Å². The summed E-state index contributed by atoms with van der Waals surface area (Å²) in [7, 11) is 2.33. The summed E-state index contributed by atoms with van der Waals surface area (Å²) in [6, 6.07) is 5.64. The molecule has 124 valence electrons. The number of fused-ring (bicyclic) bond motifs is 1. The monoisotopic (exact) mass is 314 g/mol. The lowest BCUT2D eigenvalue weighted by Crippen LogP contribution is -2.46. The van der Waals surface area contributed by atoms with Crippen molar-refractivity contribution in [3.63, 3.8) is 0 Å². The summed E-state index contributed by atoms with van der Waals surface area (Å²) in [4.78, 5) is 5.06. The maximum absolute atomic E-state index is 4.71. The molecule has 0 spiro atoms. The number of anilines is 1. The van der Waals surface area contributed by atoms with E-state index in [2.05, 4.69) is 33.1 Å². The molecule has 1 aliphatic carbocycles. The van der Waals surface area contributed by atoms with Gasteiger partial charge in [-0.1, -0.05) is 12.8 Å². The van der Waals surface area contributed by atoms with Gasteiger partial charge < -0.3 is 9.80 Å². The summed E-state index contributed by atoms with van der Waals surface area (Å²) in [6.07, 6.45) is 8.07. The average molecular weight is 314 g/mol. The summed E-state index contributed by atoms with van der Waals surface area (Å²) in [5, 5.41) is 12.9. The highest BCUT2D eigenvalue weighted by Crippen LogP contribution is 2.28. The summed E-state index contributed by atoms with van der Waals surface area (Å²) in [6.45, 7) is 4.11. The molecule has 1 aliphatic heterocycles. The van der Waals surface area contributed by atoms with Gasteiger partial charge in [-0.2, -0.15) is 4.52 Å². The number of aryl methyl sites for hydroxylation is 1. The normalized spacial score (nSPS) is 20.9. The van der Waals surface area contributed by atoms with Crippen LogP contribution in [-0.2, 0) is 0 Å². The quantitative estimate of drug-likeness (QED) is 0.870. The van der Waals surface area contributed by atoms with Crippen molar-refractivity contribution in [3.05, 3.63) is 18.0 Å². The Morgan fingerprint density at radius 3 is 2.43 bits per heavy atom. The zero-order valence-electron chi connectivity index (χ0n) is 14.1. The molecule has 3 heterocycles. The van der Waals surface area contributed by atoms with E-state index in [0.29, 0.717) is 0 Å². The fraction of sp³-hybridized carbons (Fsp3) is 0.706. The molecule has 0 unspecified atom stereocenters. The van der Waals surface area contributed by atoms with Crippen LogP contribution in [0.4, 0.5) is 5.82 Å². The third kappa shape index (κ3) is 2.80. The first-order chi connectivity index (χ1) is 11.2. The Morgan fingerprint density at radius 2 is 1.70 bits per heavy atom. The highest BCUT2D eigenvalue weighted by atomic mass is 15.4. The van der Waals surface area contributed by atoms with Crippen LogP contribution >= 0.6 is 0 Å². The number of piperidine rings is 1. The molecular weight excluding hydrogens is 288 g/mol. The van der Waals surface area contributed by atoms with E-state index in [1.165, 1.54) is 38.5 Å². The third-order valence-corrected chi connectivity index (χ3v) is 5.67. The zero-order chi connectivity index (χ0) is 15.8. The van der Waals surface area contributed by atoms with Crippen LogP contribution in [-0.4, -0.2) is 56.9 Å². The molecule has 2 aromatic rings. The van der Waals surface area contributed by atoms with E-state index in [-0.39, 0.29) is 0 Å². The smallest absolute Gasteiger partial charge is 0.178 e. The first-order valence-electron chi connectivity index (χ1n) is 8.88. The van der Waals surface area contributed by atoms with E-state index in [0.717, 1.165) is 42.5 Å². The topological polar surface area (TPSA) is 49.6 Å². The molecule has 0 bridgehead atoms. The lowest BCUT2D eigenvalue weighted by atomic mass is 10.0. The molecule has 4 rings (SSSR count). The minimum Gasteiger partial charge on any atom is -0.355 e. The van der Waals surface area contributed by atoms with Gasteiger partial charge in [-0.05, 0) is 51.8 Å². The van der Waals surface area contributed by atoms with Crippen LogP contribution < -0.4 is 4.90 Å². The summed E-state index contributed by atoms with van der Waals surface area (Å²) >= 11 is 0. The third-order valence-electron chi connectivity index (χ3n) is 5.67. The molecular formula is C17H26N6. The Bertz CT molecular complexity index is 667. The van der Waals surface area contributed by atoms with Crippen molar-refractivity contribution in [3.8, 4) is 0 Å². The Morgan fingerprint density at radius 1 is 1.00 bits per heavy atom. The minimum absolute atomic E-state index is 0.731. The van der Waals surface area contributed by atoms with Crippen LogP contribution in [0, 0.1) is 6.92 Å². The SMILES string of the molecule is Cc1nnc2ccc(N3CCC(N(C)C4CCCC4)CC3)nn12. The molecule has 0 radical (unpaired) electrons.